The van der Waals surface area contributed by atoms with Gasteiger partial charge >= 0.3 is 11.9 Å². The summed E-state index contributed by atoms with van der Waals surface area (Å²) in [4.78, 5) is 37.5. The van der Waals surface area contributed by atoms with Crippen molar-refractivity contribution in [1.82, 2.24) is 0 Å². The maximum Gasteiger partial charge on any atom is 0.306 e. The molecule has 0 rings (SSSR count). The van der Waals surface area contributed by atoms with E-state index in [9.17, 15) is 24.2 Å². The number of phosphoric acid groups is 1. The van der Waals surface area contributed by atoms with Crippen molar-refractivity contribution in [3.8, 4) is 0 Å². The van der Waals surface area contributed by atoms with E-state index in [1.807, 2.05) is 39.4 Å². The molecular weight excluding hydrogens is 765 g/mol. The van der Waals surface area contributed by atoms with Crippen molar-refractivity contribution in [2.24, 2.45) is 0 Å². The zero-order chi connectivity index (χ0) is 43.7. The minimum atomic E-state index is -4.67. The van der Waals surface area contributed by atoms with Gasteiger partial charge in [0.1, 0.15) is 19.8 Å². The lowest BCUT2D eigenvalue weighted by Gasteiger charge is -2.28. The van der Waals surface area contributed by atoms with Gasteiger partial charge < -0.3 is 33.0 Å². The Morgan fingerprint density at radius 1 is 0.644 bits per heavy atom. The van der Waals surface area contributed by atoms with E-state index in [1.54, 1.807) is 18.2 Å². The van der Waals surface area contributed by atoms with Crippen molar-refractivity contribution < 1.29 is 47.2 Å². The normalized spacial score (nSPS) is 14.9. The fourth-order valence-corrected chi connectivity index (χ4v) is 6.19. The number of carbonyl (C=O) groups is 2. The van der Waals surface area contributed by atoms with Crippen molar-refractivity contribution in [3.05, 3.63) is 85.1 Å². The summed E-state index contributed by atoms with van der Waals surface area (Å²) in [7, 11) is 1.05. The maximum atomic E-state index is 12.7. The number of allylic oxidation sites excluding steroid dienone is 12. The number of hydrogen-bond acceptors (Lipinski definition) is 9. The molecule has 0 saturated carbocycles. The Hall–Kier alpha value is -2.85. The van der Waals surface area contributed by atoms with Crippen LogP contribution >= 0.6 is 7.82 Å². The molecule has 2 unspecified atom stereocenters. The largest absolute Gasteiger partial charge is 0.756 e. The standard InChI is InChI=1S/C48H82NO9P/c1-6-8-10-12-14-16-18-20-21-23-25-27-29-31-35-40-48(52)58-46(44-57-59(53,54)56-42-41-49(3,4)5)43-55-47(51)39-36-32-34-38-45(50)37-33-30-28-26-24-22-19-17-15-13-11-9-7-2/h9,11,15,17,20-22,24,28,30,32-34,37,45-46,50H,6-8,10,12-14,16,18-19,23,25-27,29,31,35-36,38-44H2,1-5H3/b11-9-,17-15-,21-20-,24-22-,30-28-,34-32-,37-33-/t45?,46-/m1/s1. The zero-order valence-corrected chi connectivity index (χ0v) is 38.4. The average molecular weight is 848 g/mol. The van der Waals surface area contributed by atoms with Crippen LogP contribution in [-0.2, 0) is 32.7 Å². The lowest BCUT2D eigenvalue weighted by molar-refractivity contribution is -0.870. The van der Waals surface area contributed by atoms with Gasteiger partial charge in [0.25, 0.3) is 7.82 Å². The number of phosphoric ester groups is 1. The van der Waals surface area contributed by atoms with Crippen LogP contribution in [0, 0.1) is 0 Å². The Morgan fingerprint density at radius 3 is 1.85 bits per heavy atom. The van der Waals surface area contributed by atoms with Gasteiger partial charge in [0.2, 0.25) is 0 Å². The quantitative estimate of drug-likeness (QED) is 0.0160. The van der Waals surface area contributed by atoms with Crippen molar-refractivity contribution in [3.63, 3.8) is 0 Å². The summed E-state index contributed by atoms with van der Waals surface area (Å²) in [5.74, 6) is -1.03. The van der Waals surface area contributed by atoms with E-state index in [2.05, 4.69) is 62.5 Å². The molecule has 0 spiro atoms. The molecule has 0 bridgehead atoms. The van der Waals surface area contributed by atoms with E-state index in [1.165, 1.54) is 38.5 Å². The first-order valence-electron chi connectivity index (χ1n) is 22.4. The molecule has 0 aromatic carbocycles. The van der Waals surface area contributed by atoms with Gasteiger partial charge in [-0.05, 0) is 70.6 Å². The molecule has 0 radical (unpaired) electrons. The van der Waals surface area contributed by atoms with E-state index < -0.39 is 38.6 Å². The van der Waals surface area contributed by atoms with Crippen LogP contribution in [0.5, 0.6) is 0 Å². The zero-order valence-electron chi connectivity index (χ0n) is 37.5. The predicted octanol–water partition coefficient (Wildman–Crippen LogP) is 11.1. The van der Waals surface area contributed by atoms with E-state index in [4.69, 9.17) is 18.5 Å². The minimum absolute atomic E-state index is 0.0642. The number of ether oxygens (including phenoxy) is 2. The van der Waals surface area contributed by atoms with Gasteiger partial charge in [-0.3, -0.25) is 14.2 Å². The first-order valence-corrected chi connectivity index (χ1v) is 23.9. The van der Waals surface area contributed by atoms with Crippen LogP contribution in [0.15, 0.2) is 85.1 Å². The number of aliphatic hydroxyl groups excluding tert-OH is 1. The Balaban J connectivity index is 4.59. The van der Waals surface area contributed by atoms with Crippen LogP contribution in [0.1, 0.15) is 149 Å². The summed E-state index contributed by atoms with van der Waals surface area (Å²) < 4.78 is 33.7. The van der Waals surface area contributed by atoms with E-state index in [0.717, 1.165) is 64.2 Å². The lowest BCUT2D eigenvalue weighted by Crippen LogP contribution is -2.37. The number of nitrogens with zero attached hydrogens (tertiary/aromatic N) is 1. The molecule has 338 valence electrons. The second-order valence-electron chi connectivity index (χ2n) is 15.9. The Kier molecular flexibility index (Phi) is 37.4. The number of likely N-dealkylation sites (N-methyl/N-ethyl adjacent to an activating group) is 1. The van der Waals surface area contributed by atoms with Gasteiger partial charge in [-0.15, -0.1) is 0 Å². The van der Waals surface area contributed by atoms with Crippen LogP contribution in [0.3, 0.4) is 0 Å². The average Bonchev–Trinajstić information content (AvgIpc) is 3.18. The van der Waals surface area contributed by atoms with Crippen LogP contribution in [0.4, 0.5) is 0 Å². The highest BCUT2D eigenvalue weighted by molar-refractivity contribution is 7.45. The Morgan fingerprint density at radius 2 is 1.22 bits per heavy atom. The van der Waals surface area contributed by atoms with Gasteiger partial charge in [-0.1, -0.05) is 150 Å². The summed E-state index contributed by atoms with van der Waals surface area (Å²) in [5, 5.41) is 10.2. The van der Waals surface area contributed by atoms with Crippen LogP contribution in [0.2, 0.25) is 0 Å². The molecule has 0 aliphatic heterocycles. The molecule has 59 heavy (non-hydrogen) atoms. The second-order valence-corrected chi connectivity index (χ2v) is 17.3. The van der Waals surface area contributed by atoms with Gasteiger partial charge in [0, 0.05) is 12.8 Å². The van der Waals surface area contributed by atoms with Crippen molar-refractivity contribution >= 4 is 19.8 Å². The monoisotopic (exact) mass is 848 g/mol. The van der Waals surface area contributed by atoms with Gasteiger partial charge in [0.05, 0.1) is 33.9 Å². The molecule has 3 atom stereocenters. The molecular formula is C48H82NO9P. The van der Waals surface area contributed by atoms with Gasteiger partial charge in [0.15, 0.2) is 6.10 Å². The lowest BCUT2D eigenvalue weighted by atomic mass is 10.1. The molecule has 0 amide bonds. The van der Waals surface area contributed by atoms with Crippen molar-refractivity contribution in [2.45, 2.75) is 161 Å². The molecule has 0 heterocycles. The smallest absolute Gasteiger partial charge is 0.306 e. The van der Waals surface area contributed by atoms with E-state index in [-0.39, 0.29) is 26.1 Å². The molecule has 1 N–H and O–H groups in total. The molecule has 0 aromatic heterocycles. The number of hydrogen-bond donors (Lipinski definition) is 1. The summed E-state index contributed by atoms with van der Waals surface area (Å²) in [6, 6.07) is 0. The van der Waals surface area contributed by atoms with E-state index >= 15 is 0 Å². The number of esters is 2. The van der Waals surface area contributed by atoms with Crippen LogP contribution in [0.25, 0.3) is 0 Å². The van der Waals surface area contributed by atoms with Gasteiger partial charge in [-0.25, -0.2) is 0 Å². The SMILES string of the molecule is CC/C=C\C/C=C\C/C=C\C/C=C\C=C/C(O)C/C=C\CCC(=O)OC[C@H](COP(=O)([O-])OCC[N+](C)(C)C)OC(=O)CCCCCCC/C=C\CCCCCCCC. The topological polar surface area (TPSA) is 131 Å². The van der Waals surface area contributed by atoms with Crippen LogP contribution < -0.4 is 4.89 Å². The maximum absolute atomic E-state index is 12.7. The summed E-state index contributed by atoms with van der Waals surface area (Å²) in [6.45, 7) is 3.87. The summed E-state index contributed by atoms with van der Waals surface area (Å²) >= 11 is 0. The number of aliphatic hydroxyl groups is 1. The van der Waals surface area contributed by atoms with Gasteiger partial charge in [-0.2, -0.15) is 0 Å². The summed E-state index contributed by atoms with van der Waals surface area (Å²) in [6.07, 6.45) is 46.4. The molecule has 10 nitrogen and oxygen atoms in total. The molecule has 0 saturated heterocycles. The first-order chi connectivity index (χ1) is 28.4. The van der Waals surface area contributed by atoms with Crippen molar-refractivity contribution in [1.29, 1.82) is 0 Å². The number of carbonyl (C=O) groups excluding carboxylic acids is 2. The number of quaternary nitrogens is 1. The van der Waals surface area contributed by atoms with Crippen molar-refractivity contribution in [2.75, 3.05) is 47.5 Å². The van der Waals surface area contributed by atoms with E-state index in [0.29, 0.717) is 30.3 Å². The third-order valence-electron chi connectivity index (χ3n) is 8.99. The Bertz CT molecular complexity index is 1300. The highest BCUT2D eigenvalue weighted by Crippen LogP contribution is 2.38. The second kappa shape index (κ2) is 39.3. The predicted molar refractivity (Wildman–Crippen MR) is 242 cm³/mol. The Labute approximate surface area is 359 Å². The van der Waals surface area contributed by atoms with Crippen LogP contribution in [-0.4, -0.2) is 81.2 Å². The third-order valence-corrected chi connectivity index (χ3v) is 9.96. The minimum Gasteiger partial charge on any atom is -0.756 e. The molecule has 11 heteroatoms. The summed E-state index contributed by atoms with van der Waals surface area (Å²) in [5.41, 5.74) is 0. The highest BCUT2D eigenvalue weighted by Gasteiger charge is 2.21. The first kappa shape index (κ1) is 56.1. The number of unbranched alkanes of at least 4 members (excludes halogenated alkanes) is 11. The fourth-order valence-electron chi connectivity index (χ4n) is 5.46. The fraction of sp³-hybridized carbons (Fsp3) is 0.667. The molecule has 0 aliphatic rings. The molecule has 0 aromatic rings. The molecule has 0 fully saturated rings. The highest BCUT2D eigenvalue weighted by atomic mass is 31.2. The third kappa shape index (κ3) is 43.1. The number of rotatable bonds is 39. The molecule has 0 aliphatic carbocycles.